The van der Waals surface area contributed by atoms with E-state index in [-0.39, 0.29) is 18.2 Å². The number of hydrogen-bond donors (Lipinski definition) is 4. The van der Waals surface area contributed by atoms with E-state index in [4.69, 9.17) is 15.6 Å². The molecule has 0 aromatic carbocycles. The van der Waals surface area contributed by atoms with Gasteiger partial charge in [-0.15, -0.1) is 12.4 Å². The topological polar surface area (TPSA) is 131 Å². The van der Waals surface area contributed by atoms with Crippen molar-refractivity contribution in [2.24, 2.45) is 0 Å². The minimum atomic E-state index is -1.71. The molecule has 9 heteroatoms. The molecule has 0 bridgehead atoms. The average molecular weight is 294 g/mol. The smallest absolute Gasteiger partial charge is 0.351 e. The zero-order valence-electron chi connectivity index (χ0n) is 10.1. The van der Waals surface area contributed by atoms with Crippen molar-refractivity contribution >= 4 is 18.2 Å². The number of aliphatic hydroxyl groups is 3. The van der Waals surface area contributed by atoms with Crippen LogP contribution in [0.25, 0.3) is 0 Å². The number of nitrogens with two attached hydrogens (primary N) is 1. The number of nitrogens with zero attached hydrogens (tertiary/aromatic N) is 2. The van der Waals surface area contributed by atoms with Gasteiger partial charge in [-0.2, -0.15) is 4.98 Å². The molecule has 0 amide bonds. The Morgan fingerprint density at radius 1 is 1.63 bits per heavy atom. The normalized spacial score (nSPS) is 34.0. The third-order valence-corrected chi connectivity index (χ3v) is 3.04. The molecule has 1 aromatic heterocycles. The van der Waals surface area contributed by atoms with Crippen LogP contribution in [-0.4, -0.2) is 49.3 Å². The standard InChI is InChI=1S/C10H15N3O5.ClH/c1-10(17)7(15)5(4-14)18-8(10)13-3-2-6(11)12-9(13)16;/h2-3,5,7-8,14-15,17H,4H2,1H3,(H2,11,12,16);1H/t5-,7+,8-,10-;/m1./s1. The van der Waals surface area contributed by atoms with Crippen LogP contribution < -0.4 is 11.4 Å². The van der Waals surface area contributed by atoms with Crippen molar-refractivity contribution in [1.29, 1.82) is 0 Å². The van der Waals surface area contributed by atoms with Crippen LogP contribution in [0.5, 0.6) is 0 Å². The predicted molar refractivity (Wildman–Crippen MR) is 67.8 cm³/mol. The number of aliphatic hydroxyl groups excluding tert-OH is 2. The second-order valence-corrected chi connectivity index (χ2v) is 4.42. The lowest BCUT2D eigenvalue weighted by Gasteiger charge is -2.27. The summed E-state index contributed by atoms with van der Waals surface area (Å²) in [4.78, 5) is 15.2. The molecule has 1 fully saturated rings. The Bertz CT molecular complexity index is 506. The first-order valence-corrected chi connectivity index (χ1v) is 5.39. The molecule has 0 unspecified atom stereocenters. The van der Waals surface area contributed by atoms with Crippen molar-refractivity contribution in [3.05, 3.63) is 22.7 Å². The molecule has 0 saturated carbocycles. The van der Waals surface area contributed by atoms with Gasteiger partial charge in [-0.05, 0) is 13.0 Å². The number of hydrogen-bond acceptors (Lipinski definition) is 7. The third kappa shape index (κ3) is 2.58. The van der Waals surface area contributed by atoms with E-state index < -0.39 is 36.3 Å². The van der Waals surface area contributed by atoms with Crippen LogP contribution in [0, 0.1) is 0 Å². The Balaban J connectivity index is 0.00000180. The highest BCUT2D eigenvalue weighted by molar-refractivity contribution is 5.85. The van der Waals surface area contributed by atoms with Crippen LogP contribution in [0.2, 0.25) is 0 Å². The molecule has 1 saturated heterocycles. The fraction of sp³-hybridized carbons (Fsp3) is 0.600. The monoisotopic (exact) mass is 293 g/mol. The van der Waals surface area contributed by atoms with E-state index >= 15 is 0 Å². The SMILES string of the molecule is C[C@@]1(O)[C@@H](O)[C@@H](CO)O[C@H]1n1ccc(N)nc1=O.Cl. The van der Waals surface area contributed by atoms with E-state index in [2.05, 4.69) is 4.98 Å². The van der Waals surface area contributed by atoms with Gasteiger partial charge >= 0.3 is 5.69 Å². The van der Waals surface area contributed by atoms with Gasteiger partial charge in [0.1, 0.15) is 23.6 Å². The van der Waals surface area contributed by atoms with Crippen LogP contribution >= 0.6 is 12.4 Å². The number of anilines is 1. The molecule has 0 aliphatic carbocycles. The van der Waals surface area contributed by atoms with Gasteiger partial charge in [0.15, 0.2) is 6.23 Å². The minimum Gasteiger partial charge on any atom is -0.394 e. The first-order valence-electron chi connectivity index (χ1n) is 5.39. The maximum atomic E-state index is 11.7. The molecule has 19 heavy (non-hydrogen) atoms. The molecule has 1 aliphatic heterocycles. The van der Waals surface area contributed by atoms with E-state index in [9.17, 15) is 15.0 Å². The lowest BCUT2D eigenvalue weighted by Crippen LogP contribution is -2.46. The number of rotatable bonds is 2. The highest BCUT2D eigenvalue weighted by atomic mass is 35.5. The predicted octanol–water partition coefficient (Wildman–Crippen LogP) is -1.75. The second-order valence-electron chi connectivity index (χ2n) is 4.42. The molecule has 5 N–H and O–H groups in total. The number of ether oxygens (including phenoxy) is 1. The zero-order valence-corrected chi connectivity index (χ0v) is 10.9. The van der Waals surface area contributed by atoms with Gasteiger partial charge in [0.25, 0.3) is 0 Å². The minimum absolute atomic E-state index is 0. The molecule has 2 heterocycles. The van der Waals surface area contributed by atoms with E-state index in [0.29, 0.717) is 0 Å². The Hall–Kier alpha value is -1.19. The molecule has 108 valence electrons. The Labute approximate surface area is 114 Å². The Morgan fingerprint density at radius 3 is 2.74 bits per heavy atom. The van der Waals surface area contributed by atoms with Gasteiger partial charge in [0, 0.05) is 6.20 Å². The van der Waals surface area contributed by atoms with E-state index in [0.717, 1.165) is 4.57 Å². The number of halogens is 1. The van der Waals surface area contributed by atoms with Gasteiger partial charge in [0.2, 0.25) is 0 Å². The molecule has 8 nitrogen and oxygen atoms in total. The van der Waals surface area contributed by atoms with Gasteiger partial charge in [-0.25, -0.2) is 4.79 Å². The van der Waals surface area contributed by atoms with Crippen molar-refractivity contribution in [1.82, 2.24) is 9.55 Å². The van der Waals surface area contributed by atoms with Crippen molar-refractivity contribution in [3.63, 3.8) is 0 Å². The second kappa shape index (κ2) is 5.43. The van der Waals surface area contributed by atoms with Crippen molar-refractivity contribution in [2.45, 2.75) is 31.0 Å². The largest absolute Gasteiger partial charge is 0.394 e. The lowest BCUT2D eigenvalue weighted by atomic mass is 9.96. The summed E-state index contributed by atoms with van der Waals surface area (Å²) in [6.45, 7) is 0.853. The number of aromatic nitrogens is 2. The van der Waals surface area contributed by atoms with Crippen molar-refractivity contribution in [2.75, 3.05) is 12.3 Å². The molecule has 2 rings (SSSR count). The lowest BCUT2D eigenvalue weighted by molar-refractivity contribution is -0.0986. The molecular formula is C10H16ClN3O5. The fourth-order valence-electron chi connectivity index (χ4n) is 1.99. The third-order valence-electron chi connectivity index (χ3n) is 3.04. The van der Waals surface area contributed by atoms with Crippen LogP contribution in [0.15, 0.2) is 17.1 Å². The highest BCUT2D eigenvalue weighted by Gasteiger charge is 2.53. The van der Waals surface area contributed by atoms with Gasteiger partial charge in [-0.3, -0.25) is 4.57 Å². The summed E-state index contributed by atoms with van der Waals surface area (Å²) in [6, 6.07) is 1.37. The van der Waals surface area contributed by atoms with Crippen molar-refractivity contribution in [3.8, 4) is 0 Å². The van der Waals surface area contributed by atoms with Crippen LogP contribution in [0.3, 0.4) is 0 Å². The summed E-state index contributed by atoms with van der Waals surface area (Å²) in [7, 11) is 0. The maximum Gasteiger partial charge on any atom is 0.351 e. The van der Waals surface area contributed by atoms with Crippen LogP contribution in [0.1, 0.15) is 13.2 Å². The average Bonchev–Trinajstić information content (AvgIpc) is 2.52. The summed E-state index contributed by atoms with van der Waals surface area (Å²) in [5.74, 6) is 0.0492. The Kier molecular flexibility index (Phi) is 4.54. The quantitative estimate of drug-likeness (QED) is 0.508. The molecule has 0 radical (unpaired) electrons. The zero-order chi connectivity index (χ0) is 13.5. The molecular weight excluding hydrogens is 278 g/mol. The summed E-state index contributed by atoms with van der Waals surface area (Å²) < 4.78 is 6.30. The highest BCUT2D eigenvalue weighted by Crippen LogP contribution is 2.37. The molecule has 1 aliphatic rings. The van der Waals surface area contributed by atoms with E-state index in [1.54, 1.807) is 0 Å². The van der Waals surface area contributed by atoms with Gasteiger partial charge in [0.05, 0.1) is 6.61 Å². The Morgan fingerprint density at radius 2 is 2.26 bits per heavy atom. The van der Waals surface area contributed by atoms with Gasteiger partial charge in [-0.1, -0.05) is 0 Å². The maximum absolute atomic E-state index is 11.7. The molecule has 0 spiro atoms. The summed E-state index contributed by atoms with van der Waals surface area (Å²) >= 11 is 0. The first-order chi connectivity index (χ1) is 8.37. The summed E-state index contributed by atoms with van der Waals surface area (Å²) in [5, 5.41) is 29.0. The van der Waals surface area contributed by atoms with Crippen LogP contribution in [-0.2, 0) is 4.74 Å². The number of nitrogen functional groups attached to an aromatic ring is 1. The molecule has 4 atom stereocenters. The van der Waals surface area contributed by atoms with E-state index in [1.165, 1.54) is 19.2 Å². The summed E-state index contributed by atoms with van der Waals surface area (Å²) in [5.41, 5.74) is 2.94. The molecule has 1 aromatic rings. The van der Waals surface area contributed by atoms with E-state index in [1.807, 2.05) is 0 Å². The summed E-state index contributed by atoms with van der Waals surface area (Å²) in [6.07, 6.45) is -2.09. The van der Waals surface area contributed by atoms with Crippen LogP contribution in [0.4, 0.5) is 5.82 Å². The fourth-order valence-corrected chi connectivity index (χ4v) is 1.99. The van der Waals surface area contributed by atoms with Gasteiger partial charge < -0.3 is 25.8 Å². The van der Waals surface area contributed by atoms with Crippen molar-refractivity contribution < 1.29 is 20.1 Å². The first kappa shape index (κ1) is 15.9.